The van der Waals surface area contributed by atoms with E-state index in [0.29, 0.717) is 23.5 Å². The molecule has 194 valence electrons. The van der Waals surface area contributed by atoms with Gasteiger partial charge in [-0.1, -0.05) is 23.8 Å². The predicted octanol–water partition coefficient (Wildman–Crippen LogP) is 4.02. The lowest BCUT2D eigenvalue weighted by atomic mass is 10.0. The van der Waals surface area contributed by atoms with Gasteiger partial charge in [0.25, 0.3) is 15.9 Å². The van der Waals surface area contributed by atoms with Crippen LogP contribution in [-0.2, 0) is 32.5 Å². The van der Waals surface area contributed by atoms with Gasteiger partial charge in [-0.2, -0.15) is 0 Å². The Balaban J connectivity index is 1.57. The fourth-order valence-electron chi connectivity index (χ4n) is 3.93. The van der Waals surface area contributed by atoms with Crippen molar-refractivity contribution in [2.24, 2.45) is 0 Å². The zero-order valence-corrected chi connectivity index (χ0v) is 22.0. The molecule has 1 aliphatic heterocycles. The van der Waals surface area contributed by atoms with E-state index in [2.05, 4.69) is 10.0 Å². The first-order valence-electron chi connectivity index (χ1n) is 11.2. The maximum absolute atomic E-state index is 13.1. The molecule has 1 aliphatic rings. The predicted molar refractivity (Wildman–Crippen MR) is 139 cm³/mol. The van der Waals surface area contributed by atoms with Crippen LogP contribution in [0.15, 0.2) is 53.4 Å². The largest absolute Gasteiger partial charge is 0.465 e. The second-order valence-electron chi connectivity index (χ2n) is 8.29. The fourth-order valence-corrected chi connectivity index (χ4v) is 6.22. The minimum absolute atomic E-state index is 0.0980. The number of carbonyl (C=O) groups excluding carboxylic acids is 3. The number of hydrogen-bond donors (Lipinski definition) is 2. The highest BCUT2D eigenvalue weighted by molar-refractivity contribution is 7.92. The number of carbonyl (C=O) groups is 3. The highest BCUT2D eigenvalue weighted by Gasteiger charge is 2.31. The number of fused-ring (bicyclic) bond motifs is 1. The Morgan fingerprint density at radius 3 is 2.43 bits per heavy atom. The first-order valence-corrected chi connectivity index (χ1v) is 13.5. The number of methoxy groups -OCH3 is 2. The van der Waals surface area contributed by atoms with E-state index in [0.717, 1.165) is 10.4 Å². The van der Waals surface area contributed by atoms with Gasteiger partial charge >= 0.3 is 12.1 Å². The minimum atomic E-state index is -3.85. The number of sulfonamides is 1. The SMILES string of the molecule is COC(=O)c1c(NC(=O)c2cccc(NS(=O)(=O)c3ccc(C)cc3)c2)sc2c1CCN(C(=O)OC)C2. The maximum Gasteiger partial charge on any atom is 0.409 e. The lowest BCUT2D eigenvalue weighted by Gasteiger charge is -2.25. The van der Waals surface area contributed by atoms with Crippen molar-refractivity contribution in [3.63, 3.8) is 0 Å². The molecule has 0 saturated carbocycles. The van der Waals surface area contributed by atoms with Crippen LogP contribution in [0, 0.1) is 6.92 Å². The monoisotopic (exact) mass is 543 g/mol. The second-order valence-corrected chi connectivity index (χ2v) is 11.1. The molecule has 37 heavy (non-hydrogen) atoms. The molecule has 2 aromatic carbocycles. The van der Waals surface area contributed by atoms with Gasteiger partial charge in [-0.05, 0) is 49.2 Å². The molecule has 10 nitrogen and oxygen atoms in total. The Labute approximate surface area is 218 Å². The van der Waals surface area contributed by atoms with Gasteiger partial charge in [0.15, 0.2) is 0 Å². The van der Waals surface area contributed by atoms with Gasteiger partial charge in [0.2, 0.25) is 0 Å². The number of esters is 1. The van der Waals surface area contributed by atoms with Gasteiger partial charge in [-0.25, -0.2) is 18.0 Å². The standard InChI is InChI=1S/C25H25N3O7S2/c1-15-7-9-18(10-8-15)37(32,33)27-17-6-4-5-16(13-17)22(29)26-23-21(24(30)34-2)19-11-12-28(25(31)35-3)14-20(19)36-23/h4-10,13,27H,11-12,14H2,1-3H3,(H,26,29). The number of amides is 2. The third kappa shape index (κ3) is 5.59. The van der Waals surface area contributed by atoms with E-state index in [4.69, 9.17) is 9.47 Å². The molecule has 2 heterocycles. The summed E-state index contributed by atoms with van der Waals surface area (Å²) in [7, 11) is -1.30. The van der Waals surface area contributed by atoms with Crippen LogP contribution in [0.5, 0.6) is 0 Å². The van der Waals surface area contributed by atoms with Gasteiger partial charge in [-0.15, -0.1) is 11.3 Å². The fraction of sp³-hybridized carbons (Fsp3) is 0.240. The lowest BCUT2D eigenvalue weighted by Crippen LogP contribution is -2.35. The molecule has 0 unspecified atom stereocenters. The zero-order valence-electron chi connectivity index (χ0n) is 20.4. The van der Waals surface area contributed by atoms with Gasteiger partial charge in [0.05, 0.1) is 31.2 Å². The van der Waals surface area contributed by atoms with Crippen LogP contribution >= 0.6 is 11.3 Å². The summed E-state index contributed by atoms with van der Waals surface area (Å²) in [5.74, 6) is -1.14. The molecular weight excluding hydrogens is 518 g/mol. The third-order valence-corrected chi connectivity index (χ3v) is 8.34. The number of rotatable bonds is 6. The average molecular weight is 544 g/mol. The Bertz CT molecular complexity index is 1460. The van der Waals surface area contributed by atoms with Crippen LogP contribution in [0.1, 0.15) is 36.7 Å². The van der Waals surface area contributed by atoms with Crippen LogP contribution in [0.2, 0.25) is 0 Å². The normalized spacial score (nSPS) is 12.9. The number of anilines is 2. The van der Waals surface area contributed by atoms with E-state index < -0.39 is 28.0 Å². The van der Waals surface area contributed by atoms with E-state index in [1.807, 2.05) is 6.92 Å². The number of ether oxygens (including phenoxy) is 2. The Morgan fingerprint density at radius 1 is 1.03 bits per heavy atom. The number of benzene rings is 2. The van der Waals surface area contributed by atoms with Crippen LogP contribution < -0.4 is 10.0 Å². The topological polar surface area (TPSA) is 131 Å². The Hall–Kier alpha value is -3.90. The van der Waals surface area contributed by atoms with Gasteiger partial charge in [0.1, 0.15) is 5.00 Å². The van der Waals surface area contributed by atoms with Crippen molar-refractivity contribution in [1.82, 2.24) is 4.90 Å². The number of aryl methyl sites for hydroxylation is 1. The minimum Gasteiger partial charge on any atom is -0.465 e. The highest BCUT2D eigenvalue weighted by Crippen LogP contribution is 2.38. The smallest absolute Gasteiger partial charge is 0.409 e. The van der Waals surface area contributed by atoms with Crippen LogP contribution in [-0.4, -0.2) is 52.1 Å². The molecule has 12 heteroatoms. The van der Waals surface area contributed by atoms with Crippen molar-refractivity contribution < 1.29 is 32.3 Å². The molecule has 0 atom stereocenters. The van der Waals surface area contributed by atoms with Crippen molar-refractivity contribution in [1.29, 1.82) is 0 Å². The Morgan fingerprint density at radius 2 is 1.76 bits per heavy atom. The van der Waals surface area contributed by atoms with E-state index in [1.165, 1.54) is 60.8 Å². The van der Waals surface area contributed by atoms with Crippen molar-refractivity contribution in [2.45, 2.75) is 24.8 Å². The van der Waals surface area contributed by atoms with E-state index in [-0.39, 0.29) is 28.3 Å². The molecule has 0 radical (unpaired) electrons. The first-order chi connectivity index (χ1) is 17.6. The van der Waals surface area contributed by atoms with Gasteiger partial charge in [0, 0.05) is 22.7 Å². The maximum atomic E-state index is 13.1. The van der Waals surface area contributed by atoms with Crippen molar-refractivity contribution in [3.8, 4) is 0 Å². The second kappa shape index (κ2) is 10.6. The summed E-state index contributed by atoms with van der Waals surface area (Å²) >= 11 is 1.18. The molecule has 0 spiro atoms. The van der Waals surface area contributed by atoms with Gasteiger partial charge < -0.3 is 19.7 Å². The molecular formula is C25H25N3O7S2. The molecule has 3 aromatic rings. The van der Waals surface area contributed by atoms with Crippen molar-refractivity contribution in [2.75, 3.05) is 30.8 Å². The number of thiophene rings is 1. The van der Waals surface area contributed by atoms with Crippen molar-refractivity contribution >= 4 is 50.0 Å². The van der Waals surface area contributed by atoms with Gasteiger partial charge in [-0.3, -0.25) is 9.52 Å². The highest BCUT2D eigenvalue weighted by atomic mass is 32.2. The number of hydrogen-bond acceptors (Lipinski definition) is 8. The summed E-state index contributed by atoms with van der Waals surface area (Å²) in [5, 5.41) is 3.04. The molecule has 4 rings (SSSR count). The van der Waals surface area contributed by atoms with Crippen LogP contribution in [0.3, 0.4) is 0 Å². The van der Waals surface area contributed by atoms with E-state index in [9.17, 15) is 22.8 Å². The number of nitrogens with zero attached hydrogens (tertiary/aromatic N) is 1. The molecule has 0 aliphatic carbocycles. The summed E-state index contributed by atoms with van der Waals surface area (Å²) in [6.45, 7) is 2.45. The average Bonchev–Trinajstić information content (AvgIpc) is 3.24. The van der Waals surface area contributed by atoms with Crippen LogP contribution in [0.25, 0.3) is 0 Å². The lowest BCUT2D eigenvalue weighted by molar-refractivity contribution is 0.0600. The number of nitrogens with one attached hydrogen (secondary N) is 2. The van der Waals surface area contributed by atoms with E-state index >= 15 is 0 Å². The molecule has 2 amide bonds. The summed E-state index contributed by atoms with van der Waals surface area (Å²) in [6.07, 6.45) is -0.0773. The molecule has 0 saturated heterocycles. The Kier molecular flexibility index (Phi) is 7.50. The molecule has 0 fully saturated rings. The summed E-state index contributed by atoms with van der Waals surface area (Å²) in [6, 6.07) is 12.4. The van der Waals surface area contributed by atoms with Crippen molar-refractivity contribution in [3.05, 3.63) is 75.7 Å². The molecule has 0 bridgehead atoms. The molecule has 2 N–H and O–H groups in total. The molecule has 1 aromatic heterocycles. The van der Waals surface area contributed by atoms with E-state index in [1.54, 1.807) is 18.2 Å². The first kappa shape index (κ1) is 26.2. The third-order valence-electron chi connectivity index (χ3n) is 5.81. The summed E-state index contributed by atoms with van der Waals surface area (Å²) in [4.78, 5) is 40.0. The quantitative estimate of drug-likeness (QED) is 0.449. The van der Waals surface area contributed by atoms with Crippen LogP contribution in [0.4, 0.5) is 15.5 Å². The zero-order chi connectivity index (χ0) is 26.7. The summed E-state index contributed by atoms with van der Waals surface area (Å²) in [5.41, 5.74) is 2.28. The summed E-state index contributed by atoms with van der Waals surface area (Å²) < 4.78 is 37.7.